The smallest absolute Gasteiger partial charge is 0.123 e. The molecular formula is C16H12ClFN2. The van der Waals surface area contributed by atoms with Crippen LogP contribution in [0.3, 0.4) is 0 Å². The molecule has 0 fully saturated rings. The maximum absolute atomic E-state index is 13.5. The minimum atomic E-state index is -0.196. The normalized spacial score (nSPS) is 17.6. The van der Waals surface area contributed by atoms with Crippen LogP contribution in [0.5, 0.6) is 0 Å². The molecule has 1 atom stereocenters. The molecule has 2 aromatic carbocycles. The van der Waals surface area contributed by atoms with Gasteiger partial charge >= 0.3 is 0 Å². The maximum atomic E-state index is 13.5. The summed E-state index contributed by atoms with van der Waals surface area (Å²) >= 11 is 6.10. The van der Waals surface area contributed by atoms with Gasteiger partial charge in [-0.25, -0.2) is 9.37 Å². The van der Waals surface area contributed by atoms with Crippen molar-refractivity contribution in [1.82, 2.24) is 9.55 Å². The van der Waals surface area contributed by atoms with Crippen LogP contribution in [0.25, 0.3) is 11.0 Å². The topological polar surface area (TPSA) is 17.8 Å². The van der Waals surface area contributed by atoms with Crippen LogP contribution in [-0.2, 0) is 6.42 Å². The van der Waals surface area contributed by atoms with Crippen LogP contribution in [0.1, 0.15) is 23.9 Å². The first-order chi connectivity index (χ1) is 9.72. The minimum Gasteiger partial charge on any atom is -0.320 e. The average Bonchev–Trinajstić information content (AvgIpc) is 2.98. The van der Waals surface area contributed by atoms with Crippen LogP contribution in [0.4, 0.5) is 4.39 Å². The Bertz CT molecular complexity index is 809. The predicted molar refractivity (Wildman–Crippen MR) is 77.6 cm³/mol. The Balaban J connectivity index is 1.92. The fourth-order valence-electron chi connectivity index (χ4n) is 3.06. The van der Waals surface area contributed by atoms with Gasteiger partial charge in [-0.3, -0.25) is 0 Å². The Kier molecular flexibility index (Phi) is 2.57. The lowest BCUT2D eigenvalue weighted by Crippen LogP contribution is -2.05. The quantitative estimate of drug-likeness (QED) is 0.650. The summed E-state index contributed by atoms with van der Waals surface area (Å²) < 4.78 is 15.6. The molecule has 20 heavy (non-hydrogen) atoms. The molecule has 2 nitrogen and oxygen atoms in total. The molecule has 2 heterocycles. The Morgan fingerprint density at radius 1 is 1.20 bits per heavy atom. The second kappa shape index (κ2) is 4.32. The molecule has 3 aromatic rings. The van der Waals surface area contributed by atoms with Crippen LogP contribution < -0.4 is 0 Å². The lowest BCUT2D eigenvalue weighted by molar-refractivity contribution is 0.603. The fourth-order valence-corrected chi connectivity index (χ4v) is 3.23. The van der Waals surface area contributed by atoms with Crippen LogP contribution in [0.2, 0.25) is 5.02 Å². The first-order valence-electron chi connectivity index (χ1n) is 6.64. The van der Waals surface area contributed by atoms with Crippen molar-refractivity contribution in [3.05, 3.63) is 64.7 Å². The number of hydrogen-bond donors (Lipinski definition) is 0. The second-order valence-corrected chi connectivity index (χ2v) is 5.58. The number of hydrogen-bond acceptors (Lipinski definition) is 1. The van der Waals surface area contributed by atoms with Crippen molar-refractivity contribution in [3.63, 3.8) is 0 Å². The van der Waals surface area contributed by atoms with Gasteiger partial charge in [0, 0.05) is 11.4 Å². The van der Waals surface area contributed by atoms with Crippen molar-refractivity contribution in [3.8, 4) is 0 Å². The van der Waals surface area contributed by atoms with Crippen LogP contribution in [-0.4, -0.2) is 9.55 Å². The maximum Gasteiger partial charge on any atom is 0.123 e. The molecule has 1 aromatic heterocycles. The van der Waals surface area contributed by atoms with Crippen molar-refractivity contribution in [2.45, 2.75) is 18.9 Å². The van der Waals surface area contributed by atoms with E-state index in [1.165, 1.54) is 6.07 Å². The van der Waals surface area contributed by atoms with Gasteiger partial charge < -0.3 is 4.57 Å². The molecule has 100 valence electrons. The van der Waals surface area contributed by atoms with E-state index in [0.29, 0.717) is 5.02 Å². The van der Waals surface area contributed by atoms with E-state index in [2.05, 4.69) is 9.55 Å². The molecule has 1 aliphatic heterocycles. The predicted octanol–water partition coefficient (Wildman–Crippen LogP) is 4.36. The van der Waals surface area contributed by atoms with Gasteiger partial charge in [-0.1, -0.05) is 23.7 Å². The molecule has 0 saturated heterocycles. The minimum absolute atomic E-state index is 0.143. The van der Waals surface area contributed by atoms with E-state index in [9.17, 15) is 4.39 Å². The molecule has 0 saturated carbocycles. The van der Waals surface area contributed by atoms with E-state index in [4.69, 9.17) is 11.6 Å². The molecule has 4 rings (SSSR count). The van der Waals surface area contributed by atoms with Crippen molar-refractivity contribution >= 4 is 22.6 Å². The lowest BCUT2D eigenvalue weighted by atomic mass is 10.0. The summed E-state index contributed by atoms with van der Waals surface area (Å²) in [5.74, 6) is 0.856. The zero-order valence-electron chi connectivity index (χ0n) is 10.7. The van der Waals surface area contributed by atoms with Gasteiger partial charge in [-0.05, 0) is 42.3 Å². The highest BCUT2D eigenvalue weighted by Gasteiger charge is 2.27. The third-order valence-electron chi connectivity index (χ3n) is 3.91. The number of imidazole rings is 1. The van der Waals surface area contributed by atoms with E-state index >= 15 is 0 Å². The number of fused-ring (bicyclic) bond motifs is 3. The second-order valence-electron chi connectivity index (χ2n) is 5.14. The highest BCUT2D eigenvalue weighted by atomic mass is 35.5. The van der Waals surface area contributed by atoms with Gasteiger partial charge in [0.2, 0.25) is 0 Å². The van der Waals surface area contributed by atoms with Gasteiger partial charge in [0.15, 0.2) is 0 Å². The van der Waals surface area contributed by atoms with E-state index in [1.54, 1.807) is 12.1 Å². The van der Waals surface area contributed by atoms with E-state index < -0.39 is 0 Å². The van der Waals surface area contributed by atoms with Gasteiger partial charge in [-0.15, -0.1) is 0 Å². The molecule has 4 heteroatoms. The molecule has 0 bridgehead atoms. The Labute approximate surface area is 120 Å². The zero-order valence-corrected chi connectivity index (χ0v) is 11.4. The zero-order chi connectivity index (χ0) is 13.7. The summed E-state index contributed by atoms with van der Waals surface area (Å²) in [6, 6.07) is 12.7. The first-order valence-corrected chi connectivity index (χ1v) is 7.02. The van der Waals surface area contributed by atoms with Gasteiger partial charge in [0.1, 0.15) is 11.6 Å². The Morgan fingerprint density at radius 2 is 2.10 bits per heavy atom. The molecule has 1 aliphatic rings. The molecule has 0 radical (unpaired) electrons. The van der Waals surface area contributed by atoms with Crippen LogP contribution in [0.15, 0.2) is 42.5 Å². The van der Waals surface area contributed by atoms with Crippen molar-refractivity contribution in [2.75, 3.05) is 0 Å². The third-order valence-corrected chi connectivity index (χ3v) is 4.15. The molecule has 1 unspecified atom stereocenters. The third kappa shape index (κ3) is 1.74. The molecular weight excluding hydrogens is 275 g/mol. The van der Waals surface area contributed by atoms with Crippen molar-refractivity contribution in [2.24, 2.45) is 0 Å². The molecule has 0 N–H and O–H groups in total. The average molecular weight is 287 g/mol. The highest BCUT2D eigenvalue weighted by Crippen LogP contribution is 2.36. The molecule has 0 aliphatic carbocycles. The number of nitrogens with zero attached hydrogens (tertiary/aromatic N) is 2. The van der Waals surface area contributed by atoms with Gasteiger partial charge in [0.25, 0.3) is 0 Å². The van der Waals surface area contributed by atoms with Crippen LogP contribution in [0, 0.1) is 5.82 Å². The lowest BCUT2D eigenvalue weighted by Gasteiger charge is -2.15. The monoisotopic (exact) mass is 286 g/mol. The Hall–Kier alpha value is -1.87. The first kappa shape index (κ1) is 11.9. The molecule has 0 spiro atoms. The number of aromatic nitrogens is 2. The van der Waals surface area contributed by atoms with Crippen LogP contribution >= 0.6 is 11.6 Å². The summed E-state index contributed by atoms with van der Waals surface area (Å²) in [5.41, 5.74) is 2.97. The standard InChI is InChI=1S/C16H12ClFN2/c17-11-4-5-13-15(9-11)20-14(6-7-16(20)19-13)10-2-1-3-12(18)8-10/h1-5,8-9,14H,6-7H2. The SMILES string of the molecule is Fc1cccc(C2CCc3nc4ccc(Cl)cc4n32)c1. The summed E-state index contributed by atoms with van der Waals surface area (Å²) in [7, 11) is 0. The van der Waals surface area contributed by atoms with Gasteiger partial charge in [0.05, 0.1) is 17.1 Å². The van der Waals surface area contributed by atoms with Crippen molar-refractivity contribution in [1.29, 1.82) is 0 Å². The number of aryl methyl sites for hydroxylation is 1. The Morgan fingerprint density at radius 3 is 2.95 bits per heavy atom. The van der Waals surface area contributed by atoms with E-state index in [0.717, 1.165) is 35.3 Å². The largest absolute Gasteiger partial charge is 0.320 e. The highest BCUT2D eigenvalue weighted by molar-refractivity contribution is 6.31. The fraction of sp³-hybridized carbons (Fsp3) is 0.188. The van der Waals surface area contributed by atoms with Gasteiger partial charge in [-0.2, -0.15) is 0 Å². The number of benzene rings is 2. The summed E-state index contributed by atoms with van der Waals surface area (Å²) in [6.07, 6.45) is 1.86. The number of halogens is 2. The summed E-state index contributed by atoms with van der Waals surface area (Å²) in [6.45, 7) is 0. The van der Waals surface area contributed by atoms with E-state index in [-0.39, 0.29) is 11.9 Å². The number of rotatable bonds is 1. The van der Waals surface area contributed by atoms with Crippen molar-refractivity contribution < 1.29 is 4.39 Å². The summed E-state index contributed by atoms with van der Waals surface area (Å²) in [4.78, 5) is 4.64. The molecule has 0 amide bonds. The van der Waals surface area contributed by atoms with E-state index in [1.807, 2.05) is 24.3 Å². The summed E-state index contributed by atoms with van der Waals surface area (Å²) in [5, 5.41) is 0.699.